The van der Waals surface area contributed by atoms with Crippen molar-refractivity contribution in [2.75, 3.05) is 0 Å². The van der Waals surface area contributed by atoms with Gasteiger partial charge in [0.05, 0.1) is 0 Å². The second kappa shape index (κ2) is 4.29. The van der Waals surface area contributed by atoms with E-state index < -0.39 is 5.97 Å². The van der Waals surface area contributed by atoms with Gasteiger partial charge in [-0.3, -0.25) is 0 Å². The van der Waals surface area contributed by atoms with Crippen LogP contribution in [-0.4, -0.2) is 16.2 Å². The van der Waals surface area contributed by atoms with Gasteiger partial charge in [0.25, 0.3) is 0 Å². The summed E-state index contributed by atoms with van der Waals surface area (Å²) in [5.74, 6) is -1.31. The summed E-state index contributed by atoms with van der Waals surface area (Å²) in [6, 6.07) is 12.8. The third-order valence-electron chi connectivity index (χ3n) is 2.64. The van der Waals surface area contributed by atoms with E-state index in [1.807, 2.05) is 30.3 Å². The van der Waals surface area contributed by atoms with Crippen molar-refractivity contribution >= 4 is 5.97 Å². The molecule has 0 aromatic heterocycles. The van der Waals surface area contributed by atoms with Crippen LogP contribution in [0.25, 0.3) is 11.1 Å². The second-order valence-corrected chi connectivity index (χ2v) is 3.86. The smallest absolute Gasteiger partial charge is 0.339 e. The van der Waals surface area contributed by atoms with Crippen LogP contribution in [0.15, 0.2) is 42.5 Å². The molecule has 2 aromatic carbocycles. The number of aromatic carboxylic acids is 1. The molecule has 2 aromatic rings. The largest absolute Gasteiger partial charge is 0.507 e. The molecule has 0 fully saturated rings. The zero-order chi connectivity index (χ0) is 12.4. The van der Waals surface area contributed by atoms with Crippen molar-refractivity contribution in [3.8, 4) is 16.9 Å². The Morgan fingerprint density at radius 2 is 1.71 bits per heavy atom. The molecule has 0 atom stereocenters. The highest BCUT2D eigenvalue weighted by Gasteiger charge is 2.14. The minimum absolute atomic E-state index is 0.0373. The number of hydrogen-bond acceptors (Lipinski definition) is 2. The number of rotatable bonds is 2. The molecule has 0 bridgehead atoms. The Kier molecular flexibility index (Phi) is 2.83. The zero-order valence-corrected chi connectivity index (χ0v) is 9.34. The Bertz CT molecular complexity index is 536. The lowest BCUT2D eigenvalue weighted by molar-refractivity contribution is 0.0693. The maximum Gasteiger partial charge on any atom is 0.339 e. The molecule has 0 saturated carbocycles. The monoisotopic (exact) mass is 228 g/mol. The summed E-state index contributed by atoms with van der Waals surface area (Å²) >= 11 is 0. The fraction of sp³-hybridized carbons (Fsp3) is 0.0714. The maximum atomic E-state index is 10.9. The first-order valence-electron chi connectivity index (χ1n) is 5.22. The lowest BCUT2D eigenvalue weighted by atomic mass is 9.99. The average Bonchev–Trinajstić information content (AvgIpc) is 2.28. The third-order valence-corrected chi connectivity index (χ3v) is 2.64. The van der Waals surface area contributed by atoms with Gasteiger partial charge in [0.2, 0.25) is 0 Å². The predicted octanol–water partition coefficient (Wildman–Crippen LogP) is 3.07. The van der Waals surface area contributed by atoms with E-state index in [9.17, 15) is 9.90 Å². The number of phenols is 1. The van der Waals surface area contributed by atoms with E-state index in [2.05, 4.69) is 0 Å². The standard InChI is InChI=1S/C14H12O3/c1-9-7-11(10-5-3-2-4-6-10)8-12(15)13(9)14(16)17/h2-8,15H,1H3,(H,16,17). The molecule has 0 saturated heterocycles. The van der Waals surface area contributed by atoms with Crippen LogP contribution in [0.1, 0.15) is 15.9 Å². The number of benzene rings is 2. The molecule has 0 amide bonds. The SMILES string of the molecule is Cc1cc(-c2ccccc2)cc(O)c1C(=O)O. The van der Waals surface area contributed by atoms with Crippen molar-refractivity contribution in [1.29, 1.82) is 0 Å². The molecular formula is C14H12O3. The van der Waals surface area contributed by atoms with Gasteiger partial charge in [-0.1, -0.05) is 36.4 Å². The van der Waals surface area contributed by atoms with Gasteiger partial charge in [-0.2, -0.15) is 0 Å². The van der Waals surface area contributed by atoms with Crippen molar-refractivity contribution in [3.63, 3.8) is 0 Å². The summed E-state index contributed by atoms with van der Waals surface area (Å²) in [5, 5.41) is 18.7. The highest BCUT2D eigenvalue weighted by Crippen LogP contribution is 2.29. The van der Waals surface area contributed by atoms with E-state index in [0.717, 1.165) is 11.1 Å². The van der Waals surface area contributed by atoms with Crippen LogP contribution < -0.4 is 0 Å². The van der Waals surface area contributed by atoms with Gasteiger partial charge in [-0.15, -0.1) is 0 Å². The van der Waals surface area contributed by atoms with Crippen molar-refractivity contribution in [1.82, 2.24) is 0 Å². The molecule has 86 valence electrons. The fourth-order valence-electron chi connectivity index (χ4n) is 1.84. The summed E-state index contributed by atoms with van der Waals surface area (Å²) in [6.45, 7) is 1.68. The Hall–Kier alpha value is -2.29. The van der Waals surface area contributed by atoms with E-state index in [-0.39, 0.29) is 11.3 Å². The number of carboxylic acids is 1. The summed E-state index contributed by atoms with van der Waals surface area (Å²) < 4.78 is 0. The molecule has 0 aliphatic rings. The number of carbonyl (C=O) groups is 1. The third kappa shape index (κ3) is 2.13. The first kappa shape index (κ1) is 11.2. The van der Waals surface area contributed by atoms with Gasteiger partial charge in [-0.25, -0.2) is 4.79 Å². The van der Waals surface area contributed by atoms with Gasteiger partial charge < -0.3 is 10.2 Å². The summed E-state index contributed by atoms with van der Waals surface area (Å²) in [4.78, 5) is 10.9. The Morgan fingerprint density at radius 3 is 2.24 bits per heavy atom. The fourth-order valence-corrected chi connectivity index (χ4v) is 1.84. The molecule has 2 N–H and O–H groups in total. The van der Waals surface area contributed by atoms with E-state index in [0.29, 0.717) is 5.56 Å². The Morgan fingerprint density at radius 1 is 1.06 bits per heavy atom. The number of aromatic hydroxyl groups is 1. The van der Waals surface area contributed by atoms with Crippen molar-refractivity contribution in [2.45, 2.75) is 6.92 Å². The van der Waals surface area contributed by atoms with Crippen LogP contribution in [0.2, 0.25) is 0 Å². The van der Waals surface area contributed by atoms with Gasteiger partial charge in [0.1, 0.15) is 11.3 Å². The molecule has 0 radical (unpaired) electrons. The van der Waals surface area contributed by atoms with Gasteiger partial charge in [0, 0.05) is 0 Å². The van der Waals surface area contributed by atoms with E-state index in [4.69, 9.17) is 5.11 Å². The van der Waals surface area contributed by atoms with Crippen molar-refractivity contribution in [2.24, 2.45) is 0 Å². The highest BCUT2D eigenvalue weighted by atomic mass is 16.4. The number of carboxylic acid groups (broad SMARTS) is 1. The second-order valence-electron chi connectivity index (χ2n) is 3.86. The van der Waals surface area contributed by atoms with E-state index >= 15 is 0 Å². The number of aryl methyl sites for hydroxylation is 1. The molecule has 0 unspecified atom stereocenters. The minimum atomic E-state index is -1.11. The summed E-state index contributed by atoms with van der Waals surface area (Å²) in [7, 11) is 0. The quantitative estimate of drug-likeness (QED) is 0.830. The van der Waals surface area contributed by atoms with Crippen LogP contribution in [-0.2, 0) is 0 Å². The summed E-state index contributed by atoms with van der Waals surface area (Å²) in [5.41, 5.74) is 2.27. The van der Waals surface area contributed by atoms with Crippen molar-refractivity contribution in [3.05, 3.63) is 53.6 Å². The normalized spacial score (nSPS) is 10.2. The molecule has 0 spiro atoms. The highest BCUT2D eigenvalue weighted by molar-refractivity contribution is 5.93. The molecule has 0 aliphatic heterocycles. The molecule has 3 nitrogen and oxygen atoms in total. The zero-order valence-electron chi connectivity index (χ0n) is 9.34. The predicted molar refractivity (Wildman–Crippen MR) is 65.2 cm³/mol. The molecule has 0 aliphatic carbocycles. The van der Waals surface area contributed by atoms with E-state index in [1.165, 1.54) is 6.07 Å². The first-order valence-corrected chi connectivity index (χ1v) is 5.22. The minimum Gasteiger partial charge on any atom is -0.507 e. The van der Waals surface area contributed by atoms with Crippen LogP contribution in [0.4, 0.5) is 0 Å². The molecule has 17 heavy (non-hydrogen) atoms. The first-order chi connectivity index (χ1) is 8.09. The molecular weight excluding hydrogens is 216 g/mol. The topological polar surface area (TPSA) is 57.5 Å². The van der Waals surface area contributed by atoms with Crippen LogP contribution >= 0.6 is 0 Å². The lowest BCUT2D eigenvalue weighted by Crippen LogP contribution is -2.00. The average molecular weight is 228 g/mol. The summed E-state index contributed by atoms with van der Waals surface area (Å²) in [6.07, 6.45) is 0. The molecule has 3 heteroatoms. The maximum absolute atomic E-state index is 10.9. The van der Waals surface area contributed by atoms with Gasteiger partial charge in [-0.05, 0) is 29.7 Å². The van der Waals surface area contributed by atoms with Crippen LogP contribution in [0.5, 0.6) is 5.75 Å². The lowest BCUT2D eigenvalue weighted by Gasteiger charge is -2.08. The van der Waals surface area contributed by atoms with Gasteiger partial charge in [0.15, 0.2) is 0 Å². The van der Waals surface area contributed by atoms with Crippen LogP contribution in [0, 0.1) is 6.92 Å². The van der Waals surface area contributed by atoms with Gasteiger partial charge >= 0.3 is 5.97 Å². The van der Waals surface area contributed by atoms with Crippen molar-refractivity contribution < 1.29 is 15.0 Å². The number of hydrogen-bond donors (Lipinski definition) is 2. The molecule has 2 rings (SSSR count). The van der Waals surface area contributed by atoms with E-state index in [1.54, 1.807) is 13.0 Å². The Labute approximate surface area is 99.0 Å². The Balaban J connectivity index is 2.57. The molecule has 0 heterocycles. The van der Waals surface area contributed by atoms with Crippen LogP contribution in [0.3, 0.4) is 0 Å².